The third-order valence-corrected chi connectivity index (χ3v) is 6.22. The second-order valence-electron chi connectivity index (χ2n) is 8.52. The quantitative estimate of drug-likeness (QED) is 0.354. The van der Waals surface area contributed by atoms with Gasteiger partial charge >= 0.3 is 0 Å². The SMILES string of the molecule is COc1ccc([C@H]2/C(=C(\O)c3ccc4c(c3)C[C@H](C)O4)C(=O)C(=O)N2Cc2cccnc2)cc1. The van der Waals surface area contributed by atoms with Crippen molar-refractivity contribution in [3.63, 3.8) is 0 Å². The molecule has 0 unspecified atom stereocenters. The number of ether oxygens (including phenoxy) is 2. The topological polar surface area (TPSA) is 89.0 Å². The lowest BCUT2D eigenvalue weighted by molar-refractivity contribution is -0.140. The van der Waals surface area contributed by atoms with Crippen LogP contribution >= 0.6 is 0 Å². The fraction of sp³-hybridized carbons (Fsp3) is 0.222. The van der Waals surface area contributed by atoms with E-state index in [9.17, 15) is 14.7 Å². The van der Waals surface area contributed by atoms with E-state index >= 15 is 0 Å². The fourth-order valence-electron chi connectivity index (χ4n) is 4.59. The first-order valence-electron chi connectivity index (χ1n) is 11.1. The maximum Gasteiger partial charge on any atom is 0.295 e. The normalized spacial score (nSPS) is 20.8. The number of rotatable bonds is 5. The molecule has 0 radical (unpaired) electrons. The van der Waals surface area contributed by atoms with Crippen LogP contribution in [0.4, 0.5) is 0 Å². The van der Waals surface area contributed by atoms with E-state index in [4.69, 9.17) is 9.47 Å². The molecule has 7 heteroatoms. The molecule has 34 heavy (non-hydrogen) atoms. The van der Waals surface area contributed by atoms with E-state index < -0.39 is 17.7 Å². The van der Waals surface area contributed by atoms with E-state index in [-0.39, 0.29) is 24.0 Å². The summed E-state index contributed by atoms with van der Waals surface area (Å²) in [6.07, 6.45) is 4.08. The first kappa shape index (κ1) is 21.7. The van der Waals surface area contributed by atoms with Crippen molar-refractivity contribution in [3.8, 4) is 11.5 Å². The molecule has 3 heterocycles. The standard InChI is InChI=1S/C27H24N2O5/c1-16-12-20-13-19(7-10-22(20)34-16)25(30)23-24(18-5-8-21(33-2)9-6-18)29(27(32)26(23)31)15-17-4-3-11-28-14-17/h3-11,13-14,16,24,30H,12,15H2,1-2H3/b25-23+/t16-,24-/m0/s1. The summed E-state index contributed by atoms with van der Waals surface area (Å²) in [6.45, 7) is 2.16. The molecular weight excluding hydrogens is 432 g/mol. The highest BCUT2D eigenvalue weighted by molar-refractivity contribution is 6.46. The summed E-state index contributed by atoms with van der Waals surface area (Å²) in [5.74, 6) is -0.152. The monoisotopic (exact) mass is 456 g/mol. The van der Waals surface area contributed by atoms with Gasteiger partial charge in [-0.1, -0.05) is 18.2 Å². The van der Waals surface area contributed by atoms with Crippen molar-refractivity contribution in [3.05, 3.63) is 94.8 Å². The smallest absolute Gasteiger partial charge is 0.295 e. The molecule has 0 bridgehead atoms. The van der Waals surface area contributed by atoms with Gasteiger partial charge in [-0.05, 0) is 60.0 Å². The van der Waals surface area contributed by atoms with Gasteiger partial charge in [-0.2, -0.15) is 0 Å². The number of Topliss-reactive ketones (excluding diaryl/α,β-unsaturated/α-hetero) is 1. The number of aliphatic hydroxyl groups is 1. The highest BCUT2D eigenvalue weighted by atomic mass is 16.5. The first-order chi connectivity index (χ1) is 16.5. The number of hydrogen-bond acceptors (Lipinski definition) is 6. The average molecular weight is 456 g/mol. The van der Waals surface area contributed by atoms with Crippen LogP contribution in [0.1, 0.15) is 35.2 Å². The highest BCUT2D eigenvalue weighted by Crippen LogP contribution is 2.41. The predicted molar refractivity (Wildman–Crippen MR) is 125 cm³/mol. The number of fused-ring (bicyclic) bond motifs is 1. The van der Waals surface area contributed by atoms with Crippen LogP contribution in [0.2, 0.25) is 0 Å². The zero-order valence-corrected chi connectivity index (χ0v) is 18.9. The summed E-state index contributed by atoms with van der Waals surface area (Å²) < 4.78 is 11.0. The molecule has 2 aliphatic rings. The zero-order valence-electron chi connectivity index (χ0n) is 18.9. The Balaban J connectivity index is 1.62. The Bertz CT molecular complexity index is 1280. The number of carbonyl (C=O) groups is 2. The molecule has 1 N–H and O–H groups in total. The van der Waals surface area contributed by atoms with Gasteiger partial charge in [-0.25, -0.2) is 0 Å². The van der Waals surface area contributed by atoms with E-state index in [2.05, 4.69) is 4.98 Å². The van der Waals surface area contributed by atoms with Gasteiger partial charge in [0.1, 0.15) is 23.4 Å². The number of methoxy groups -OCH3 is 1. The van der Waals surface area contributed by atoms with Crippen LogP contribution in [0, 0.1) is 0 Å². The molecule has 0 spiro atoms. The first-order valence-corrected chi connectivity index (χ1v) is 11.1. The molecule has 1 amide bonds. The molecule has 5 rings (SSSR count). The molecule has 1 saturated heterocycles. The Morgan fingerprint density at radius 3 is 2.68 bits per heavy atom. The number of hydrogen-bond donors (Lipinski definition) is 1. The molecule has 2 atom stereocenters. The lowest BCUT2D eigenvalue weighted by Crippen LogP contribution is -2.29. The predicted octanol–water partition coefficient (Wildman–Crippen LogP) is 4.04. The van der Waals surface area contributed by atoms with Crippen molar-refractivity contribution in [1.82, 2.24) is 9.88 Å². The van der Waals surface area contributed by atoms with Crippen LogP contribution in [0.15, 0.2) is 72.6 Å². The number of aromatic nitrogens is 1. The van der Waals surface area contributed by atoms with E-state index in [1.54, 1.807) is 62.0 Å². The number of amides is 1. The van der Waals surface area contributed by atoms with Gasteiger partial charge in [0.15, 0.2) is 0 Å². The molecule has 3 aromatic rings. The van der Waals surface area contributed by atoms with Crippen LogP contribution in [0.25, 0.3) is 5.76 Å². The molecule has 1 fully saturated rings. The third-order valence-electron chi connectivity index (χ3n) is 6.22. The number of aliphatic hydroxyl groups excluding tert-OH is 1. The summed E-state index contributed by atoms with van der Waals surface area (Å²) in [7, 11) is 1.57. The molecule has 0 aliphatic carbocycles. The van der Waals surface area contributed by atoms with Crippen LogP contribution in [-0.2, 0) is 22.6 Å². The van der Waals surface area contributed by atoms with Gasteiger partial charge in [0.05, 0.1) is 18.7 Å². The second-order valence-corrected chi connectivity index (χ2v) is 8.52. The molecule has 172 valence electrons. The van der Waals surface area contributed by atoms with E-state index in [0.29, 0.717) is 23.3 Å². The van der Waals surface area contributed by atoms with Crippen molar-refractivity contribution >= 4 is 17.4 Å². The van der Waals surface area contributed by atoms with Crippen LogP contribution in [0.3, 0.4) is 0 Å². The minimum atomic E-state index is -0.755. The third kappa shape index (κ3) is 3.79. The Labute approximate surface area is 197 Å². The number of ketones is 1. The molecular formula is C27H24N2O5. The van der Waals surface area contributed by atoms with Crippen LogP contribution in [-0.4, -0.2) is 39.9 Å². The molecule has 1 aromatic heterocycles. The summed E-state index contributed by atoms with van der Waals surface area (Å²) in [6, 6.07) is 15.4. The average Bonchev–Trinajstić information content (AvgIpc) is 3.35. The van der Waals surface area contributed by atoms with E-state index in [0.717, 1.165) is 16.9 Å². The molecule has 7 nitrogen and oxygen atoms in total. The minimum Gasteiger partial charge on any atom is -0.507 e. The minimum absolute atomic E-state index is 0.0526. The maximum absolute atomic E-state index is 13.2. The van der Waals surface area contributed by atoms with Crippen molar-refractivity contribution in [1.29, 1.82) is 0 Å². The summed E-state index contributed by atoms with van der Waals surface area (Å²) in [4.78, 5) is 32.0. The molecule has 2 aromatic carbocycles. The number of pyridine rings is 1. The van der Waals surface area contributed by atoms with Gasteiger partial charge in [-0.3, -0.25) is 14.6 Å². The summed E-state index contributed by atoms with van der Waals surface area (Å²) >= 11 is 0. The van der Waals surface area contributed by atoms with Crippen molar-refractivity contribution < 1.29 is 24.2 Å². The van der Waals surface area contributed by atoms with Gasteiger partial charge in [0.2, 0.25) is 0 Å². The Kier molecular flexibility index (Phi) is 5.53. The Hall–Kier alpha value is -4.13. The molecule has 0 saturated carbocycles. The number of nitrogens with zero attached hydrogens (tertiary/aromatic N) is 2. The highest BCUT2D eigenvalue weighted by Gasteiger charge is 2.46. The van der Waals surface area contributed by atoms with Gasteiger partial charge in [-0.15, -0.1) is 0 Å². The molecule has 2 aliphatic heterocycles. The van der Waals surface area contributed by atoms with Gasteiger partial charge in [0, 0.05) is 30.9 Å². The van der Waals surface area contributed by atoms with Crippen molar-refractivity contribution in [2.75, 3.05) is 7.11 Å². The second kappa shape index (κ2) is 8.67. The Morgan fingerprint density at radius 1 is 1.18 bits per heavy atom. The van der Waals surface area contributed by atoms with Crippen LogP contribution < -0.4 is 9.47 Å². The fourth-order valence-corrected chi connectivity index (χ4v) is 4.59. The number of likely N-dealkylation sites (tertiary alicyclic amines) is 1. The summed E-state index contributed by atoms with van der Waals surface area (Å²) in [5.41, 5.74) is 2.98. The summed E-state index contributed by atoms with van der Waals surface area (Å²) in [5, 5.41) is 11.3. The van der Waals surface area contributed by atoms with Crippen molar-refractivity contribution in [2.24, 2.45) is 0 Å². The van der Waals surface area contributed by atoms with Gasteiger partial charge < -0.3 is 19.5 Å². The van der Waals surface area contributed by atoms with Gasteiger partial charge in [0.25, 0.3) is 11.7 Å². The van der Waals surface area contributed by atoms with E-state index in [1.165, 1.54) is 4.90 Å². The van der Waals surface area contributed by atoms with E-state index in [1.807, 2.05) is 19.1 Å². The number of benzene rings is 2. The Morgan fingerprint density at radius 2 is 1.97 bits per heavy atom. The van der Waals surface area contributed by atoms with Crippen molar-refractivity contribution in [2.45, 2.75) is 32.0 Å². The lowest BCUT2D eigenvalue weighted by atomic mass is 9.94. The van der Waals surface area contributed by atoms with Crippen LogP contribution in [0.5, 0.6) is 11.5 Å². The largest absolute Gasteiger partial charge is 0.507 e. The number of carbonyl (C=O) groups excluding carboxylic acids is 2. The zero-order chi connectivity index (χ0) is 23.8. The lowest BCUT2D eigenvalue weighted by Gasteiger charge is -2.25. The maximum atomic E-state index is 13.2.